The van der Waals surface area contributed by atoms with Gasteiger partial charge in [0.25, 0.3) is 5.91 Å². The Morgan fingerprint density at radius 1 is 1.43 bits per heavy atom. The summed E-state index contributed by atoms with van der Waals surface area (Å²) in [5.41, 5.74) is -0.804. The van der Waals surface area contributed by atoms with Gasteiger partial charge in [-0.25, -0.2) is 9.18 Å². The summed E-state index contributed by atoms with van der Waals surface area (Å²) >= 11 is 0. The monoisotopic (exact) mass is 323 g/mol. The third-order valence-electron chi connectivity index (χ3n) is 3.45. The van der Waals surface area contributed by atoms with Crippen LogP contribution in [0.2, 0.25) is 0 Å². The number of nitrogens with zero attached hydrogens (tertiary/aromatic N) is 1. The van der Waals surface area contributed by atoms with Crippen LogP contribution in [0.5, 0.6) is 0 Å². The average molecular weight is 323 g/mol. The summed E-state index contributed by atoms with van der Waals surface area (Å²) in [6, 6.07) is 4.90. The van der Waals surface area contributed by atoms with Gasteiger partial charge in [-0.1, -0.05) is 6.07 Å². The molecule has 1 aromatic rings. The minimum absolute atomic E-state index is 0.0452. The van der Waals surface area contributed by atoms with E-state index in [1.54, 1.807) is 13.0 Å². The SMILES string of the molecule is COCC1(C)NC(=O)N(CCC(=O)Nc2cccc(F)c2)C1=O. The number of imide groups is 1. The van der Waals surface area contributed by atoms with E-state index in [9.17, 15) is 18.8 Å². The summed E-state index contributed by atoms with van der Waals surface area (Å²) in [6.45, 7) is 1.54. The molecule has 0 aromatic heterocycles. The normalized spacial score (nSPS) is 20.6. The Morgan fingerprint density at radius 3 is 2.83 bits per heavy atom. The van der Waals surface area contributed by atoms with Crippen molar-refractivity contribution in [1.82, 2.24) is 10.2 Å². The van der Waals surface area contributed by atoms with Gasteiger partial charge in [-0.3, -0.25) is 14.5 Å². The van der Waals surface area contributed by atoms with Gasteiger partial charge in [0, 0.05) is 25.8 Å². The van der Waals surface area contributed by atoms with Gasteiger partial charge in [-0.2, -0.15) is 0 Å². The summed E-state index contributed by atoms with van der Waals surface area (Å²) in [6.07, 6.45) is -0.0846. The van der Waals surface area contributed by atoms with Crippen LogP contribution < -0.4 is 10.6 Å². The van der Waals surface area contributed by atoms with E-state index in [-0.39, 0.29) is 19.6 Å². The van der Waals surface area contributed by atoms with Gasteiger partial charge < -0.3 is 15.4 Å². The molecule has 1 heterocycles. The maximum absolute atomic E-state index is 13.0. The Morgan fingerprint density at radius 2 is 2.17 bits per heavy atom. The topological polar surface area (TPSA) is 87.7 Å². The number of rotatable bonds is 6. The molecule has 1 saturated heterocycles. The highest BCUT2D eigenvalue weighted by atomic mass is 19.1. The number of nitrogens with one attached hydrogen (secondary N) is 2. The zero-order valence-corrected chi connectivity index (χ0v) is 12.9. The molecule has 4 amide bonds. The molecule has 124 valence electrons. The van der Waals surface area contributed by atoms with Crippen LogP contribution in [0.15, 0.2) is 24.3 Å². The van der Waals surface area contributed by atoms with Crippen LogP contribution in [-0.4, -0.2) is 48.5 Å². The van der Waals surface area contributed by atoms with Crippen molar-refractivity contribution in [3.8, 4) is 0 Å². The fraction of sp³-hybridized carbons (Fsp3) is 0.400. The Bertz CT molecular complexity index is 637. The third kappa shape index (κ3) is 3.84. The van der Waals surface area contributed by atoms with E-state index in [4.69, 9.17) is 4.74 Å². The lowest BCUT2D eigenvalue weighted by Crippen LogP contribution is -2.48. The van der Waals surface area contributed by atoms with Crippen LogP contribution in [0.1, 0.15) is 13.3 Å². The number of hydrogen-bond acceptors (Lipinski definition) is 4. The van der Waals surface area contributed by atoms with Gasteiger partial charge in [-0.15, -0.1) is 0 Å². The zero-order chi connectivity index (χ0) is 17.0. The molecule has 23 heavy (non-hydrogen) atoms. The lowest BCUT2D eigenvalue weighted by molar-refractivity contribution is -0.132. The fourth-order valence-electron chi connectivity index (χ4n) is 2.34. The summed E-state index contributed by atoms with van der Waals surface area (Å²) < 4.78 is 18.0. The first-order chi connectivity index (χ1) is 10.9. The van der Waals surface area contributed by atoms with E-state index < -0.39 is 29.2 Å². The van der Waals surface area contributed by atoms with Crippen molar-refractivity contribution in [2.24, 2.45) is 0 Å². The second-order valence-electron chi connectivity index (χ2n) is 5.46. The predicted octanol–water partition coefficient (Wildman–Crippen LogP) is 1.11. The van der Waals surface area contributed by atoms with E-state index in [1.807, 2.05) is 0 Å². The Balaban J connectivity index is 1.91. The van der Waals surface area contributed by atoms with Crippen LogP contribution in [0.4, 0.5) is 14.9 Å². The lowest BCUT2D eigenvalue weighted by atomic mass is 10.0. The maximum atomic E-state index is 13.0. The largest absolute Gasteiger partial charge is 0.382 e. The predicted molar refractivity (Wildman–Crippen MR) is 80.2 cm³/mol. The van der Waals surface area contributed by atoms with Gasteiger partial charge in [0.2, 0.25) is 5.91 Å². The molecule has 1 aliphatic rings. The molecule has 0 saturated carbocycles. The quantitative estimate of drug-likeness (QED) is 0.768. The van der Waals surface area contributed by atoms with Crippen molar-refractivity contribution >= 4 is 23.5 Å². The number of carbonyl (C=O) groups is 3. The molecule has 1 aromatic carbocycles. The van der Waals surface area contributed by atoms with Gasteiger partial charge in [-0.05, 0) is 25.1 Å². The van der Waals surface area contributed by atoms with Crippen LogP contribution in [-0.2, 0) is 14.3 Å². The number of benzene rings is 1. The van der Waals surface area contributed by atoms with E-state index in [1.165, 1.54) is 25.3 Å². The van der Waals surface area contributed by atoms with Crippen molar-refractivity contribution in [2.45, 2.75) is 18.9 Å². The molecular weight excluding hydrogens is 305 g/mol. The molecule has 1 atom stereocenters. The second-order valence-corrected chi connectivity index (χ2v) is 5.46. The van der Waals surface area contributed by atoms with E-state index in [0.29, 0.717) is 5.69 Å². The molecule has 0 bridgehead atoms. The lowest BCUT2D eigenvalue weighted by Gasteiger charge is -2.20. The summed E-state index contributed by atoms with van der Waals surface area (Å²) in [5.74, 6) is -1.33. The molecule has 2 N–H and O–H groups in total. The number of carbonyl (C=O) groups excluding carboxylic acids is 3. The average Bonchev–Trinajstić information content (AvgIpc) is 2.67. The Labute approximate surface area is 132 Å². The molecule has 1 aliphatic heterocycles. The first-order valence-electron chi connectivity index (χ1n) is 7.04. The Hall–Kier alpha value is -2.48. The number of anilines is 1. The van der Waals surface area contributed by atoms with E-state index >= 15 is 0 Å². The zero-order valence-electron chi connectivity index (χ0n) is 12.9. The van der Waals surface area contributed by atoms with E-state index in [0.717, 1.165) is 4.90 Å². The van der Waals surface area contributed by atoms with Crippen LogP contribution in [0, 0.1) is 5.82 Å². The molecular formula is C15H18FN3O4. The van der Waals surface area contributed by atoms with Gasteiger partial charge >= 0.3 is 6.03 Å². The molecule has 7 nitrogen and oxygen atoms in total. The summed E-state index contributed by atoms with van der Waals surface area (Å²) in [5, 5.41) is 5.05. The third-order valence-corrected chi connectivity index (χ3v) is 3.45. The van der Waals surface area contributed by atoms with Gasteiger partial charge in [0.05, 0.1) is 6.61 Å². The highest BCUT2D eigenvalue weighted by molar-refractivity contribution is 6.07. The van der Waals surface area contributed by atoms with Crippen molar-refractivity contribution in [1.29, 1.82) is 0 Å². The number of amides is 4. The number of urea groups is 1. The summed E-state index contributed by atoms with van der Waals surface area (Å²) in [4.78, 5) is 36.9. The molecule has 0 spiro atoms. The van der Waals surface area contributed by atoms with E-state index in [2.05, 4.69) is 10.6 Å². The van der Waals surface area contributed by atoms with Crippen LogP contribution >= 0.6 is 0 Å². The molecule has 8 heteroatoms. The fourth-order valence-corrected chi connectivity index (χ4v) is 2.34. The molecule has 0 radical (unpaired) electrons. The van der Waals surface area contributed by atoms with Gasteiger partial charge in [0.15, 0.2) is 0 Å². The van der Waals surface area contributed by atoms with Crippen molar-refractivity contribution in [3.63, 3.8) is 0 Å². The van der Waals surface area contributed by atoms with Crippen LogP contribution in [0.25, 0.3) is 0 Å². The molecule has 0 aliphatic carbocycles. The molecule has 1 fully saturated rings. The second kappa shape index (κ2) is 6.74. The minimum atomic E-state index is -1.12. The highest BCUT2D eigenvalue weighted by Crippen LogP contribution is 2.18. The molecule has 2 rings (SSSR count). The van der Waals surface area contributed by atoms with Crippen molar-refractivity contribution < 1.29 is 23.5 Å². The minimum Gasteiger partial charge on any atom is -0.382 e. The highest BCUT2D eigenvalue weighted by Gasteiger charge is 2.47. The standard InChI is InChI=1S/C15H18FN3O4/c1-15(9-23-2)13(21)19(14(22)18-15)7-6-12(20)17-11-5-3-4-10(16)8-11/h3-5,8H,6-7,9H2,1-2H3,(H,17,20)(H,18,22). The maximum Gasteiger partial charge on any atom is 0.325 e. The molecule has 1 unspecified atom stereocenters. The smallest absolute Gasteiger partial charge is 0.325 e. The van der Waals surface area contributed by atoms with Gasteiger partial charge in [0.1, 0.15) is 11.4 Å². The van der Waals surface area contributed by atoms with Crippen molar-refractivity contribution in [2.75, 3.05) is 25.6 Å². The number of ether oxygens (including phenoxy) is 1. The van der Waals surface area contributed by atoms with Crippen molar-refractivity contribution in [3.05, 3.63) is 30.1 Å². The summed E-state index contributed by atoms with van der Waals surface area (Å²) in [7, 11) is 1.43. The number of hydrogen-bond donors (Lipinski definition) is 2. The first kappa shape index (κ1) is 16.9. The Kier molecular flexibility index (Phi) is 4.95. The van der Waals surface area contributed by atoms with Crippen LogP contribution in [0.3, 0.4) is 0 Å². The number of methoxy groups -OCH3 is 1. The first-order valence-corrected chi connectivity index (χ1v) is 7.04. The number of halogens is 1.